The second-order valence-corrected chi connectivity index (χ2v) is 8.44. The van der Waals surface area contributed by atoms with Crippen LogP contribution in [-0.4, -0.2) is 42.5 Å². The molecule has 0 heterocycles. The van der Waals surface area contributed by atoms with Crippen molar-refractivity contribution in [1.82, 2.24) is 10.2 Å². The molecule has 6 heteroatoms. The predicted molar refractivity (Wildman–Crippen MR) is 127 cm³/mol. The summed E-state index contributed by atoms with van der Waals surface area (Å²) in [5, 5.41) is 2.94. The molecule has 0 aliphatic heterocycles. The number of nitrogens with one attached hydrogen (secondary N) is 1. The SMILES string of the molecule is CC[C@@H](C(=O)NC(C)C)N(Cc1ccc(OC)cc1)C(=O)COc1ccccc1C(C)C. The first kappa shape index (κ1) is 25.2. The van der Waals surface area contributed by atoms with Gasteiger partial charge in [-0.15, -0.1) is 0 Å². The lowest BCUT2D eigenvalue weighted by atomic mass is 10.0. The van der Waals surface area contributed by atoms with Crippen LogP contribution >= 0.6 is 0 Å². The van der Waals surface area contributed by atoms with E-state index in [1.165, 1.54) is 0 Å². The normalized spacial score (nSPS) is 11.9. The molecule has 0 unspecified atom stereocenters. The van der Waals surface area contributed by atoms with Gasteiger partial charge in [0.05, 0.1) is 7.11 Å². The zero-order valence-electron chi connectivity index (χ0n) is 20.1. The van der Waals surface area contributed by atoms with Crippen LogP contribution in [0.15, 0.2) is 48.5 Å². The molecule has 6 nitrogen and oxygen atoms in total. The summed E-state index contributed by atoms with van der Waals surface area (Å²) in [6.45, 7) is 10.1. The monoisotopic (exact) mass is 440 g/mol. The molecule has 2 aromatic rings. The Morgan fingerprint density at radius 3 is 2.22 bits per heavy atom. The minimum absolute atomic E-state index is 0.0105. The maximum Gasteiger partial charge on any atom is 0.261 e. The van der Waals surface area contributed by atoms with Gasteiger partial charge < -0.3 is 19.7 Å². The Bertz CT molecular complexity index is 878. The van der Waals surface area contributed by atoms with E-state index in [1.54, 1.807) is 12.0 Å². The maximum absolute atomic E-state index is 13.3. The number of carbonyl (C=O) groups is 2. The first-order valence-electron chi connectivity index (χ1n) is 11.2. The van der Waals surface area contributed by atoms with Gasteiger partial charge in [0, 0.05) is 12.6 Å². The molecular formula is C26H36N2O4. The van der Waals surface area contributed by atoms with Crippen molar-refractivity contribution >= 4 is 11.8 Å². The molecule has 0 aliphatic carbocycles. The fourth-order valence-corrected chi connectivity index (χ4v) is 3.54. The van der Waals surface area contributed by atoms with E-state index in [4.69, 9.17) is 9.47 Å². The second-order valence-electron chi connectivity index (χ2n) is 8.44. The molecule has 0 saturated carbocycles. The molecule has 1 atom stereocenters. The summed E-state index contributed by atoms with van der Waals surface area (Å²) >= 11 is 0. The van der Waals surface area contributed by atoms with Crippen molar-refractivity contribution < 1.29 is 19.1 Å². The van der Waals surface area contributed by atoms with Crippen molar-refractivity contribution in [3.05, 3.63) is 59.7 Å². The Morgan fingerprint density at radius 1 is 1.00 bits per heavy atom. The van der Waals surface area contributed by atoms with E-state index in [-0.39, 0.29) is 30.4 Å². The molecule has 0 radical (unpaired) electrons. The Hall–Kier alpha value is -3.02. The summed E-state index contributed by atoms with van der Waals surface area (Å²) < 4.78 is 11.2. The van der Waals surface area contributed by atoms with Gasteiger partial charge in [0.15, 0.2) is 6.61 Å². The zero-order valence-corrected chi connectivity index (χ0v) is 20.1. The standard InChI is InChI=1S/C26H36N2O4/c1-7-23(26(30)27-19(4)5)28(16-20-12-14-21(31-6)15-13-20)25(29)17-32-24-11-9-8-10-22(24)18(2)3/h8-15,18-19,23H,7,16-17H2,1-6H3,(H,27,30)/t23-/m0/s1. The number of rotatable bonds is 11. The number of nitrogens with zero attached hydrogens (tertiary/aromatic N) is 1. The summed E-state index contributed by atoms with van der Waals surface area (Å²) in [5.74, 6) is 1.32. The number of hydrogen-bond donors (Lipinski definition) is 1. The highest BCUT2D eigenvalue weighted by atomic mass is 16.5. The number of carbonyl (C=O) groups excluding carboxylic acids is 2. The van der Waals surface area contributed by atoms with Crippen LogP contribution in [-0.2, 0) is 16.1 Å². The largest absolute Gasteiger partial charge is 0.497 e. The van der Waals surface area contributed by atoms with E-state index in [0.717, 1.165) is 16.9 Å². The highest BCUT2D eigenvalue weighted by Crippen LogP contribution is 2.26. The van der Waals surface area contributed by atoms with Gasteiger partial charge in [-0.3, -0.25) is 9.59 Å². The molecule has 32 heavy (non-hydrogen) atoms. The number of benzene rings is 2. The number of para-hydroxylation sites is 1. The average Bonchev–Trinajstić information content (AvgIpc) is 2.77. The van der Waals surface area contributed by atoms with Crippen molar-refractivity contribution in [2.75, 3.05) is 13.7 Å². The summed E-state index contributed by atoms with van der Waals surface area (Å²) in [5.41, 5.74) is 1.96. The minimum atomic E-state index is -0.587. The van der Waals surface area contributed by atoms with Crippen LogP contribution in [0.3, 0.4) is 0 Å². The average molecular weight is 441 g/mol. The van der Waals surface area contributed by atoms with Crippen LogP contribution in [0, 0.1) is 0 Å². The molecule has 0 spiro atoms. The van der Waals surface area contributed by atoms with E-state index in [2.05, 4.69) is 19.2 Å². The quantitative estimate of drug-likeness (QED) is 0.557. The molecule has 1 N–H and O–H groups in total. The maximum atomic E-state index is 13.3. The first-order chi connectivity index (χ1) is 15.3. The van der Waals surface area contributed by atoms with E-state index in [1.807, 2.05) is 69.3 Å². The Kier molecular flexibility index (Phi) is 9.57. The lowest BCUT2D eigenvalue weighted by molar-refractivity contribution is -0.143. The van der Waals surface area contributed by atoms with Crippen molar-refractivity contribution in [1.29, 1.82) is 0 Å². The van der Waals surface area contributed by atoms with Crippen LogP contribution in [0.2, 0.25) is 0 Å². The molecule has 0 aliphatic rings. The molecule has 0 aromatic heterocycles. The van der Waals surface area contributed by atoms with Gasteiger partial charge in [0.1, 0.15) is 17.5 Å². The number of methoxy groups -OCH3 is 1. The first-order valence-corrected chi connectivity index (χ1v) is 11.2. The number of ether oxygens (including phenoxy) is 2. The van der Waals surface area contributed by atoms with Gasteiger partial charge in [-0.05, 0) is 55.5 Å². The molecule has 174 valence electrons. The Labute approximate surface area is 191 Å². The van der Waals surface area contributed by atoms with E-state index >= 15 is 0 Å². The summed E-state index contributed by atoms with van der Waals surface area (Å²) in [4.78, 5) is 27.8. The predicted octanol–water partition coefficient (Wildman–Crippen LogP) is 4.53. The smallest absolute Gasteiger partial charge is 0.261 e. The topological polar surface area (TPSA) is 67.9 Å². The van der Waals surface area contributed by atoms with Crippen LogP contribution < -0.4 is 14.8 Å². The van der Waals surface area contributed by atoms with Gasteiger partial charge in [-0.2, -0.15) is 0 Å². The van der Waals surface area contributed by atoms with Crippen LogP contribution in [0.5, 0.6) is 11.5 Å². The fraction of sp³-hybridized carbons (Fsp3) is 0.462. The molecule has 0 bridgehead atoms. The molecular weight excluding hydrogens is 404 g/mol. The highest BCUT2D eigenvalue weighted by molar-refractivity contribution is 5.88. The van der Waals surface area contributed by atoms with E-state index in [0.29, 0.717) is 18.7 Å². The lowest BCUT2D eigenvalue weighted by Gasteiger charge is -2.31. The van der Waals surface area contributed by atoms with Gasteiger partial charge in [-0.25, -0.2) is 0 Å². The summed E-state index contributed by atoms with van der Waals surface area (Å²) in [6, 6.07) is 14.6. The van der Waals surface area contributed by atoms with Gasteiger partial charge >= 0.3 is 0 Å². The molecule has 2 rings (SSSR count). The molecule has 2 aromatic carbocycles. The zero-order chi connectivity index (χ0) is 23.7. The summed E-state index contributed by atoms with van der Waals surface area (Å²) in [6.07, 6.45) is 0.503. The van der Waals surface area contributed by atoms with Gasteiger partial charge in [0.2, 0.25) is 5.91 Å². The number of hydrogen-bond acceptors (Lipinski definition) is 4. The third kappa shape index (κ3) is 7.01. The van der Waals surface area contributed by atoms with Crippen molar-refractivity contribution in [3.63, 3.8) is 0 Å². The lowest BCUT2D eigenvalue weighted by Crippen LogP contribution is -2.51. The van der Waals surface area contributed by atoms with Gasteiger partial charge in [0.25, 0.3) is 5.91 Å². The summed E-state index contributed by atoms with van der Waals surface area (Å²) in [7, 11) is 1.61. The van der Waals surface area contributed by atoms with Crippen LogP contribution in [0.25, 0.3) is 0 Å². The molecule has 0 saturated heterocycles. The van der Waals surface area contributed by atoms with Crippen molar-refractivity contribution in [3.8, 4) is 11.5 Å². The Balaban J connectivity index is 2.25. The van der Waals surface area contributed by atoms with Crippen molar-refractivity contribution in [2.45, 2.75) is 65.6 Å². The Morgan fingerprint density at radius 2 is 1.66 bits per heavy atom. The van der Waals surface area contributed by atoms with Crippen molar-refractivity contribution in [2.24, 2.45) is 0 Å². The third-order valence-corrected chi connectivity index (χ3v) is 5.22. The second kappa shape index (κ2) is 12.1. The van der Waals surface area contributed by atoms with Crippen LogP contribution in [0.1, 0.15) is 58.1 Å². The van der Waals surface area contributed by atoms with Gasteiger partial charge in [-0.1, -0.05) is 51.1 Å². The highest BCUT2D eigenvalue weighted by Gasteiger charge is 2.29. The van der Waals surface area contributed by atoms with Crippen LogP contribution in [0.4, 0.5) is 0 Å². The van der Waals surface area contributed by atoms with E-state index < -0.39 is 6.04 Å². The number of amides is 2. The molecule has 0 fully saturated rings. The molecule has 2 amide bonds. The minimum Gasteiger partial charge on any atom is -0.497 e. The van der Waals surface area contributed by atoms with E-state index in [9.17, 15) is 9.59 Å². The third-order valence-electron chi connectivity index (χ3n) is 5.22. The fourth-order valence-electron chi connectivity index (χ4n) is 3.54.